The van der Waals surface area contributed by atoms with Crippen LogP contribution in [0.4, 0.5) is 0 Å². The fraction of sp³-hybridized carbons (Fsp3) is 0.300. The second-order valence-electron chi connectivity index (χ2n) is 5.50. The van der Waals surface area contributed by atoms with Crippen LogP contribution in [0.25, 0.3) is 0 Å². The van der Waals surface area contributed by atoms with Crippen LogP contribution in [0.2, 0.25) is 0 Å². The third kappa shape index (κ3) is 6.67. The number of hydrogen-bond acceptors (Lipinski definition) is 4. The second-order valence-corrected chi connectivity index (χ2v) is 5.50. The van der Waals surface area contributed by atoms with E-state index in [1.165, 1.54) is 5.56 Å². The van der Waals surface area contributed by atoms with E-state index < -0.39 is 0 Å². The summed E-state index contributed by atoms with van der Waals surface area (Å²) in [6, 6.07) is 15.4. The van der Waals surface area contributed by atoms with Crippen LogP contribution < -0.4 is 14.9 Å². The molecular weight excluding hydrogens is 316 g/mol. The Labute approximate surface area is 148 Å². The minimum Gasteiger partial charge on any atom is -0.497 e. The van der Waals surface area contributed by atoms with Gasteiger partial charge in [0.2, 0.25) is 5.91 Å². The van der Waals surface area contributed by atoms with E-state index >= 15 is 0 Å². The molecule has 0 aliphatic carbocycles. The smallest absolute Gasteiger partial charge is 0.240 e. The normalized spacial score (nSPS) is 10.6. The first-order chi connectivity index (χ1) is 12.2. The fourth-order valence-electron chi connectivity index (χ4n) is 2.30. The van der Waals surface area contributed by atoms with Crippen molar-refractivity contribution in [2.75, 3.05) is 13.7 Å². The van der Waals surface area contributed by atoms with Gasteiger partial charge in [0.15, 0.2) is 0 Å². The summed E-state index contributed by atoms with van der Waals surface area (Å²) in [5.41, 5.74) is 4.64. The molecule has 1 amide bonds. The van der Waals surface area contributed by atoms with Crippen molar-refractivity contribution in [2.45, 2.75) is 26.2 Å². The molecule has 132 valence electrons. The number of ether oxygens (including phenoxy) is 2. The predicted molar refractivity (Wildman–Crippen MR) is 99.3 cm³/mol. The van der Waals surface area contributed by atoms with Crippen molar-refractivity contribution < 1.29 is 14.3 Å². The van der Waals surface area contributed by atoms with Gasteiger partial charge in [0, 0.05) is 6.42 Å². The third-order valence-electron chi connectivity index (χ3n) is 3.62. The highest BCUT2D eigenvalue weighted by molar-refractivity contribution is 5.82. The SMILES string of the molecule is CCOc1ccc(CCCC(=O)NN=Cc2ccc(OC)cc2)cc1. The summed E-state index contributed by atoms with van der Waals surface area (Å²) in [7, 11) is 1.62. The zero-order valence-corrected chi connectivity index (χ0v) is 14.7. The molecule has 0 spiro atoms. The Morgan fingerprint density at radius 3 is 2.40 bits per heavy atom. The highest BCUT2D eigenvalue weighted by Gasteiger charge is 2.01. The van der Waals surface area contributed by atoms with E-state index in [0.717, 1.165) is 29.9 Å². The van der Waals surface area contributed by atoms with Crippen molar-refractivity contribution in [1.82, 2.24) is 5.43 Å². The molecule has 2 aromatic carbocycles. The lowest BCUT2D eigenvalue weighted by molar-refractivity contribution is -0.121. The molecule has 2 rings (SSSR count). The van der Waals surface area contributed by atoms with Gasteiger partial charge in [0.05, 0.1) is 19.9 Å². The van der Waals surface area contributed by atoms with Gasteiger partial charge in [0.1, 0.15) is 11.5 Å². The minimum absolute atomic E-state index is 0.0873. The van der Waals surface area contributed by atoms with Crippen molar-refractivity contribution in [1.29, 1.82) is 0 Å². The third-order valence-corrected chi connectivity index (χ3v) is 3.62. The number of amides is 1. The summed E-state index contributed by atoms with van der Waals surface area (Å²) in [5, 5.41) is 3.97. The Morgan fingerprint density at radius 2 is 1.76 bits per heavy atom. The number of hydrogen-bond donors (Lipinski definition) is 1. The van der Waals surface area contributed by atoms with Gasteiger partial charge in [0.25, 0.3) is 0 Å². The monoisotopic (exact) mass is 340 g/mol. The summed E-state index contributed by atoms with van der Waals surface area (Å²) in [4.78, 5) is 11.8. The molecule has 0 aliphatic heterocycles. The first-order valence-corrected chi connectivity index (χ1v) is 8.39. The van der Waals surface area contributed by atoms with Crippen LogP contribution in [-0.2, 0) is 11.2 Å². The van der Waals surface area contributed by atoms with Crippen molar-refractivity contribution in [2.24, 2.45) is 5.10 Å². The summed E-state index contributed by atoms with van der Waals surface area (Å²) in [6.07, 6.45) is 3.68. The molecule has 5 nitrogen and oxygen atoms in total. The summed E-state index contributed by atoms with van der Waals surface area (Å²) in [5.74, 6) is 1.57. The summed E-state index contributed by atoms with van der Waals surface area (Å²) in [6.45, 7) is 2.63. The van der Waals surface area contributed by atoms with Crippen LogP contribution in [0, 0.1) is 0 Å². The molecule has 0 radical (unpaired) electrons. The van der Waals surface area contributed by atoms with Gasteiger partial charge in [-0.2, -0.15) is 5.10 Å². The number of nitrogens with zero attached hydrogens (tertiary/aromatic N) is 1. The van der Waals surface area contributed by atoms with E-state index in [1.54, 1.807) is 13.3 Å². The number of nitrogens with one attached hydrogen (secondary N) is 1. The van der Waals surface area contributed by atoms with Crippen molar-refractivity contribution in [3.05, 3.63) is 59.7 Å². The van der Waals surface area contributed by atoms with Crippen molar-refractivity contribution >= 4 is 12.1 Å². The van der Waals surface area contributed by atoms with Crippen LogP contribution in [-0.4, -0.2) is 25.8 Å². The molecule has 25 heavy (non-hydrogen) atoms. The predicted octanol–water partition coefficient (Wildman–Crippen LogP) is 3.57. The molecule has 0 aromatic heterocycles. The first-order valence-electron chi connectivity index (χ1n) is 8.39. The molecule has 0 unspecified atom stereocenters. The van der Waals surface area contributed by atoms with E-state index in [0.29, 0.717) is 13.0 Å². The number of hydrazone groups is 1. The molecule has 0 saturated heterocycles. The van der Waals surface area contributed by atoms with Gasteiger partial charge in [-0.25, -0.2) is 5.43 Å². The Bertz CT molecular complexity index is 679. The van der Waals surface area contributed by atoms with Gasteiger partial charge < -0.3 is 9.47 Å². The lowest BCUT2D eigenvalue weighted by atomic mass is 10.1. The molecule has 0 fully saturated rings. The van der Waals surface area contributed by atoms with Gasteiger partial charge in [-0.15, -0.1) is 0 Å². The van der Waals surface area contributed by atoms with Crippen LogP contribution in [0.3, 0.4) is 0 Å². The van der Waals surface area contributed by atoms with E-state index in [-0.39, 0.29) is 5.91 Å². The lowest BCUT2D eigenvalue weighted by Gasteiger charge is -2.05. The quantitative estimate of drug-likeness (QED) is 0.561. The highest BCUT2D eigenvalue weighted by Crippen LogP contribution is 2.14. The maximum atomic E-state index is 11.8. The van der Waals surface area contributed by atoms with Crippen molar-refractivity contribution in [3.8, 4) is 11.5 Å². The molecule has 5 heteroatoms. The second kappa shape index (κ2) is 10.1. The molecule has 0 saturated carbocycles. The maximum absolute atomic E-state index is 11.8. The van der Waals surface area contributed by atoms with E-state index in [1.807, 2.05) is 55.5 Å². The maximum Gasteiger partial charge on any atom is 0.240 e. The van der Waals surface area contributed by atoms with Gasteiger partial charge in [-0.05, 0) is 67.3 Å². The molecule has 0 atom stereocenters. The number of methoxy groups -OCH3 is 1. The van der Waals surface area contributed by atoms with Crippen LogP contribution in [0.1, 0.15) is 30.9 Å². The largest absolute Gasteiger partial charge is 0.497 e. The Morgan fingerprint density at radius 1 is 1.08 bits per heavy atom. The molecule has 0 aliphatic rings. The summed E-state index contributed by atoms with van der Waals surface area (Å²) >= 11 is 0. The standard InChI is InChI=1S/C20H24N2O3/c1-3-25-19-13-7-16(8-14-19)5-4-6-20(23)22-21-15-17-9-11-18(24-2)12-10-17/h7-15H,3-6H2,1-2H3,(H,22,23). The molecule has 2 aromatic rings. The van der Waals surface area contributed by atoms with E-state index in [2.05, 4.69) is 10.5 Å². The van der Waals surface area contributed by atoms with Gasteiger partial charge >= 0.3 is 0 Å². The van der Waals surface area contributed by atoms with Gasteiger partial charge in [-0.3, -0.25) is 4.79 Å². The zero-order chi connectivity index (χ0) is 17.9. The number of carbonyl (C=O) groups excluding carboxylic acids is 1. The number of carbonyl (C=O) groups is 1. The minimum atomic E-state index is -0.0873. The average Bonchev–Trinajstić information content (AvgIpc) is 2.64. The summed E-state index contributed by atoms with van der Waals surface area (Å²) < 4.78 is 10.5. The highest BCUT2D eigenvalue weighted by atomic mass is 16.5. The van der Waals surface area contributed by atoms with Crippen LogP contribution >= 0.6 is 0 Å². The van der Waals surface area contributed by atoms with Crippen molar-refractivity contribution in [3.63, 3.8) is 0 Å². The molecule has 0 heterocycles. The van der Waals surface area contributed by atoms with E-state index in [9.17, 15) is 4.79 Å². The topological polar surface area (TPSA) is 59.9 Å². The number of aryl methyl sites for hydroxylation is 1. The Hall–Kier alpha value is -2.82. The van der Waals surface area contributed by atoms with Crippen LogP contribution in [0.15, 0.2) is 53.6 Å². The lowest BCUT2D eigenvalue weighted by Crippen LogP contribution is -2.17. The zero-order valence-electron chi connectivity index (χ0n) is 14.7. The Balaban J connectivity index is 1.68. The van der Waals surface area contributed by atoms with Crippen LogP contribution in [0.5, 0.6) is 11.5 Å². The van der Waals surface area contributed by atoms with Gasteiger partial charge in [-0.1, -0.05) is 12.1 Å². The molecule has 0 bridgehead atoms. The average molecular weight is 340 g/mol. The molecule has 1 N–H and O–H groups in total. The number of rotatable bonds is 9. The number of benzene rings is 2. The Kier molecular flexibility index (Phi) is 7.50. The molecular formula is C20H24N2O3. The fourth-order valence-corrected chi connectivity index (χ4v) is 2.30. The first kappa shape index (κ1) is 18.5. The van der Waals surface area contributed by atoms with E-state index in [4.69, 9.17) is 9.47 Å².